The van der Waals surface area contributed by atoms with Gasteiger partial charge in [-0.15, -0.1) is 0 Å². The van der Waals surface area contributed by atoms with Gasteiger partial charge >= 0.3 is 0 Å². The third-order valence-electron chi connectivity index (χ3n) is 6.87. The Hall–Kier alpha value is -2.89. The highest BCUT2D eigenvalue weighted by molar-refractivity contribution is 8.03. The van der Waals surface area contributed by atoms with E-state index in [9.17, 15) is 13.6 Å². The lowest BCUT2D eigenvalue weighted by Gasteiger charge is -2.38. The molecule has 11 heteroatoms. The van der Waals surface area contributed by atoms with Gasteiger partial charge in [0.15, 0.2) is 0 Å². The molecule has 1 saturated heterocycles. The van der Waals surface area contributed by atoms with Gasteiger partial charge in [-0.25, -0.2) is 8.78 Å². The van der Waals surface area contributed by atoms with Crippen LogP contribution in [-0.4, -0.2) is 37.1 Å². The highest BCUT2D eigenvalue weighted by Crippen LogP contribution is 2.53. The fraction of sp³-hybridized carbons (Fsp3) is 0.417. The quantitative estimate of drug-likeness (QED) is 0.570. The van der Waals surface area contributed by atoms with E-state index in [1.54, 1.807) is 13.3 Å². The van der Waals surface area contributed by atoms with Crippen LogP contribution < -0.4 is 27.0 Å². The molecule has 6 N–H and O–H groups in total. The number of anilines is 2. The molecule has 0 radical (unpaired) electrons. The molecular weight excluding hydrogens is 474 g/mol. The van der Waals surface area contributed by atoms with Gasteiger partial charge in [0.2, 0.25) is 0 Å². The number of fused-ring (bicyclic) bond motifs is 1. The van der Waals surface area contributed by atoms with Crippen molar-refractivity contribution >= 4 is 29.0 Å². The monoisotopic (exact) mass is 502 g/mol. The normalized spacial score (nSPS) is 24.3. The number of amides is 1. The van der Waals surface area contributed by atoms with E-state index in [2.05, 4.69) is 9.88 Å². The van der Waals surface area contributed by atoms with Crippen LogP contribution in [0.4, 0.5) is 20.2 Å². The van der Waals surface area contributed by atoms with Crippen LogP contribution in [-0.2, 0) is 16.0 Å². The van der Waals surface area contributed by atoms with Crippen molar-refractivity contribution in [2.24, 2.45) is 17.2 Å². The van der Waals surface area contributed by atoms with Crippen molar-refractivity contribution in [1.82, 2.24) is 4.98 Å². The third kappa shape index (κ3) is 4.01. The molecule has 2 aromatic rings. The van der Waals surface area contributed by atoms with Crippen LogP contribution in [0.2, 0.25) is 0 Å². The minimum Gasteiger partial charge on any atom is -0.392 e. The summed E-state index contributed by atoms with van der Waals surface area (Å²) in [6, 6.07) is 3.64. The number of carbonyl (C=O) groups excluding carboxylic acids is 1. The van der Waals surface area contributed by atoms with Gasteiger partial charge in [0.25, 0.3) is 5.91 Å². The number of nitrogens with zero attached hydrogens (tertiary/aromatic N) is 3. The number of rotatable bonds is 5. The number of methoxy groups -OCH3 is 1. The van der Waals surface area contributed by atoms with Crippen molar-refractivity contribution in [3.63, 3.8) is 0 Å². The van der Waals surface area contributed by atoms with Crippen LogP contribution in [0, 0.1) is 11.6 Å². The second-order valence-corrected chi connectivity index (χ2v) is 10.1. The van der Waals surface area contributed by atoms with Crippen molar-refractivity contribution in [3.05, 3.63) is 63.6 Å². The lowest BCUT2D eigenvalue weighted by molar-refractivity contribution is -0.114. The number of hydrogen-bond donors (Lipinski definition) is 3. The zero-order chi connectivity index (χ0) is 24.9. The van der Waals surface area contributed by atoms with Crippen molar-refractivity contribution in [2.45, 2.75) is 43.2 Å². The summed E-state index contributed by atoms with van der Waals surface area (Å²) in [5.41, 5.74) is 21.2. The summed E-state index contributed by atoms with van der Waals surface area (Å²) in [6.45, 7) is 1.35. The predicted molar refractivity (Wildman–Crippen MR) is 131 cm³/mol. The molecule has 8 nitrogen and oxygen atoms in total. The first-order chi connectivity index (χ1) is 16.8. The number of halogens is 2. The average Bonchev–Trinajstić information content (AvgIpc) is 3.38. The Balaban J connectivity index is 1.73. The smallest absolute Gasteiger partial charge is 0.268 e. The van der Waals surface area contributed by atoms with Gasteiger partial charge in [-0.3, -0.25) is 9.78 Å². The minimum absolute atomic E-state index is 0.00625. The van der Waals surface area contributed by atoms with E-state index in [0.29, 0.717) is 18.7 Å². The molecule has 2 aliphatic heterocycles. The Morgan fingerprint density at radius 2 is 2.00 bits per heavy atom. The lowest BCUT2D eigenvalue weighted by atomic mass is 10.0. The van der Waals surface area contributed by atoms with E-state index in [1.807, 2.05) is 0 Å². The standard InChI is InChI=1S/C24H28F2N6O2S/c1-34-17-8-7-13-19(17)30-10-16(20(13)31-9-3-4-12(27)11-31)32-21(22(28)33)23(29)35-24(32)18-14(25)5-2-6-15(18)26/h2,5-6,10,12,17,24H,3-4,7-9,11,27,29H2,1H3,(H2,28,33)/t12-,17?,24?/m0/s1. The molecule has 3 aliphatic rings. The zero-order valence-electron chi connectivity index (χ0n) is 19.3. The molecule has 0 saturated carbocycles. The van der Waals surface area contributed by atoms with Crippen LogP contribution in [0.1, 0.15) is 47.6 Å². The number of ether oxygens (including phenoxy) is 1. The highest BCUT2D eigenvalue weighted by Gasteiger charge is 2.42. The largest absolute Gasteiger partial charge is 0.392 e. The summed E-state index contributed by atoms with van der Waals surface area (Å²) in [5, 5.41) is -0.878. The predicted octanol–water partition coefficient (Wildman–Crippen LogP) is 2.79. The average molecular weight is 503 g/mol. The summed E-state index contributed by atoms with van der Waals surface area (Å²) in [6.07, 6.45) is 4.74. The van der Waals surface area contributed by atoms with Crippen LogP contribution in [0.3, 0.4) is 0 Å². The third-order valence-corrected chi connectivity index (χ3v) is 7.99. The number of pyridine rings is 1. The second-order valence-electron chi connectivity index (χ2n) is 9.02. The van der Waals surface area contributed by atoms with Crippen molar-refractivity contribution < 1.29 is 18.3 Å². The van der Waals surface area contributed by atoms with Gasteiger partial charge in [-0.2, -0.15) is 0 Å². The summed E-state index contributed by atoms with van der Waals surface area (Å²) in [5.74, 6) is -2.26. The Kier molecular flexibility index (Phi) is 6.32. The molecule has 1 aliphatic carbocycles. The highest BCUT2D eigenvalue weighted by atomic mass is 32.2. The molecule has 186 valence electrons. The SMILES string of the molecule is COC1CCc2c1ncc(N1C(C(N)=O)=C(N)SC1c1c(F)cccc1F)c2N1CCC[C@H](N)C1. The Bertz CT molecular complexity index is 1190. The Morgan fingerprint density at radius 3 is 2.66 bits per heavy atom. The van der Waals surface area contributed by atoms with Crippen molar-refractivity contribution in [3.8, 4) is 0 Å². The molecule has 3 heterocycles. The van der Waals surface area contributed by atoms with Crippen LogP contribution >= 0.6 is 11.8 Å². The van der Waals surface area contributed by atoms with E-state index in [0.717, 1.165) is 54.5 Å². The fourth-order valence-corrected chi connectivity index (χ4v) is 6.56. The zero-order valence-corrected chi connectivity index (χ0v) is 20.2. The molecule has 0 spiro atoms. The van der Waals surface area contributed by atoms with Crippen LogP contribution in [0.15, 0.2) is 35.1 Å². The van der Waals surface area contributed by atoms with E-state index in [-0.39, 0.29) is 28.4 Å². The molecule has 0 bridgehead atoms. The summed E-state index contributed by atoms with van der Waals surface area (Å²) >= 11 is 0.987. The number of thioether (sulfide) groups is 1. The number of hydrogen-bond acceptors (Lipinski definition) is 8. The first-order valence-corrected chi connectivity index (χ1v) is 12.4. The summed E-state index contributed by atoms with van der Waals surface area (Å²) in [4.78, 5) is 21.0. The number of nitrogens with two attached hydrogens (primary N) is 3. The number of aromatic nitrogens is 1. The summed E-state index contributed by atoms with van der Waals surface area (Å²) < 4.78 is 35.5. The molecule has 5 rings (SSSR count). The molecule has 1 aromatic carbocycles. The van der Waals surface area contributed by atoms with Gasteiger partial charge in [0, 0.05) is 31.8 Å². The maximum atomic E-state index is 15.0. The summed E-state index contributed by atoms with van der Waals surface area (Å²) in [7, 11) is 1.65. The molecule has 3 atom stereocenters. The number of benzene rings is 1. The Labute approximate surface area is 206 Å². The van der Waals surface area contributed by atoms with Crippen LogP contribution in [0.5, 0.6) is 0 Å². The van der Waals surface area contributed by atoms with Gasteiger partial charge < -0.3 is 31.7 Å². The molecule has 1 aromatic heterocycles. The first kappa shape index (κ1) is 23.8. The van der Waals surface area contributed by atoms with E-state index >= 15 is 0 Å². The second kappa shape index (κ2) is 9.29. The first-order valence-electron chi connectivity index (χ1n) is 11.6. The molecule has 1 fully saturated rings. The van der Waals surface area contributed by atoms with Gasteiger partial charge in [-0.05, 0) is 37.8 Å². The fourth-order valence-electron chi connectivity index (χ4n) is 5.34. The van der Waals surface area contributed by atoms with Gasteiger partial charge in [0.1, 0.15) is 22.7 Å². The molecular formula is C24H28F2N6O2S. The van der Waals surface area contributed by atoms with Gasteiger partial charge in [-0.1, -0.05) is 17.8 Å². The Morgan fingerprint density at radius 1 is 1.26 bits per heavy atom. The maximum absolute atomic E-state index is 15.0. The van der Waals surface area contributed by atoms with Gasteiger partial charge in [0.05, 0.1) is 40.0 Å². The minimum atomic E-state index is -0.976. The van der Waals surface area contributed by atoms with Crippen molar-refractivity contribution in [1.29, 1.82) is 0 Å². The topological polar surface area (TPSA) is 124 Å². The molecule has 1 amide bonds. The molecule has 2 unspecified atom stereocenters. The number of primary amides is 1. The van der Waals surface area contributed by atoms with Crippen LogP contribution in [0.25, 0.3) is 0 Å². The molecule has 35 heavy (non-hydrogen) atoms. The van der Waals surface area contributed by atoms with Crippen molar-refractivity contribution in [2.75, 3.05) is 30.0 Å². The van der Waals surface area contributed by atoms with E-state index in [4.69, 9.17) is 21.9 Å². The number of piperidine rings is 1. The van der Waals surface area contributed by atoms with E-state index in [1.165, 1.54) is 23.1 Å². The van der Waals surface area contributed by atoms with E-state index < -0.39 is 22.9 Å². The lowest BCUT2D eigenvalue weighted by Crippen LogP contribution is -2.44. The number of carbonyl (C=O) groups is 1. The maximum Gasteiger partial charge on any atom is 0.268 e.